The molecule has 0 fully saturated rings. The molecule has 6 heteroatoms. The maximum absolute atomic E-state index is 11.9. The molecule has 3 rings (SSSR count). The number of hydrogen-bond donors (Lipinski definition) is 1. The summed E-state index contributed by atoms with van der Waals surface area (Å²) < 4.78 is 2.62. The summed E-state index contributed by atoms with van der Waals surface area (Å²) in [6.45, 7) is 0.228. The van der Waals surface area contributed by atoms with Gasteiger partial charge >= 0.3 is 10.8 Å². The number of aromatic nitrogens is 1. The van der Waals surface area contributed by atoms with Crippen LogP contribution in [0.2, 0.25) is 0 Å². The molecule has 2 aromatic rings. The van der Waals surface area contributed by atoms with E-state index in [0.29, 0.717) is 0 Å². The Morgan fingerprint density at radius 3 is 3.00 bits per heavy atom. The van der Waals surface area contributed by atoms with Crippen molar-refractivity contribution >= 4 is 33.2 Å². The fourth-order valence-corrected chi connectivity index (χ4v) is 3.94. The van der Waals surface area contributed by atoms with E-state index < -0.39 is 5.97 Å². The van der Waals surface area contributed by atoms with Crippen molar-refractivity contribution in [1.82, 2.24) is 4.57 Å². The highest BCUT2D eigenvalue weighted by Gasteiger charge is 2.26. The van der Waals surface area contributed by atoms with E-state index in [1.165, 1.54) is 16.9 Å². The summed E-state index contributed by atoms with van der Waals surface area (Å²) in [5.41, 5.74) is 3.11. The number of rotatable bonds is 3. The van der Waals surface area contributed by atoms with Gasteiger partial charge in [0.2, 0.25) is 0 Å². The van der Waals surface area contributed by atoms with Crippen LogP contribution in [0.4, 0.5) is 0 Å². The predicted octanol–water partition coefficient (Wildman–Crippen LogP) is 2.72. The van der Waals surface area contributed by atoms with Gasteiger partial charge in [-0.15, -0.1) is 0 Å². The quantitative estimate of drug-likeness (QED) is 0.798. The minimum atomic E-state index is -0.890. The van der Waals surface area contributed by atoms with Crippen LogP contribution < -0.4 is 4.87 Å². The van der Waals surface area contributed by atoms with Crippen LogP contribution in [-0.2, 0) is 17.8 Å². The standard InChI is InChI=1S/C13H10BrNO3S/c14-9-3-1-2-7-8(9)6-10-12(7)15(13(18)19-10)5-4-11(16)17/h1-3H,4-6H2,(H,16,17). The Bertz CT molecular complexity index is 732. The molecular formula is C13H10BrNO3S. The Morgan fingerprint density at radius 2 is 2.26 bits per heavy atom. The van der Waals surface area contributed by atoms with E-state index in [1.54, 1.807) is 4.57 Å². The van der Waals surface area contributed by atoms with Crippen molar-refractivity contribution in [3.05, 3.63) is 42.8 Å². The lowest BCUT2D eigenvalue weighted by Gasteiger charge is -2.07. The lowest BCUT2D eigenvalue weighted by Crippen LogP contribution is -2.16. The van der Waals surface area contributed by atoms with E-state index >= 15 is 0 Å². The van der Waals surface area contributed by atoms with Crippen LogP contribution in [0, 0.1) is 0 Å². The van der Waals surface area contributed by atoms with Gasteiger partial charge in [0.15, 0.2) is 0 Å². The molecule has 19 heavy (non-hydrogen) atoms. The summed E-state index contributed by atoms with van der Waals surface area (Å²) in [5, 5.41) is 8.77. The molecule has 1 aromatic heterocycles. The van der Waals surface area contributed by atoms with E-state index in [-0.39, 0.29) is 17.8 Å². The number of nitrogens with zero attached hydrogens (tertiary/aromatic N) is 1. The smallest absolute Gasteiger partial charge is 0.307 e. The number of hydrogen-bond acceptors (Lipinski definition) is 3. The lowest BCUT2D eigenvalue weighted by atomic mass is 10.1. The van der Waals surface area contributed by atoms with Crippen LogP contribution in [-0.4, -0.2) is 15.6 Å². The van der Waals surface area contributed by atoms with E-state index in [9.17, 15) is 9.59 Å². The molecule has 0 amide bonds. The fraction of sp³-hybridized carbons (Fsp3) is 0.231. The molecule has 0 saturated heterocycles. The molecule has 0 spiro atoms. The van der Waals surface area contributed by atoms with Crippen LogP contribution in [0.1, 0.15) is 16.9 Å². The molecule has 0 bridgehead atoms. The largest absolute Gasteiger partial charge is 0.481 e. The second-order valence-electron chi connectivity index (χ2n) is 4.38. The first-order valence-electron chi connectivity index (χ1n) is 5.80. The second-order valence-corrected chi connectivity index (χ2v) is 6.28. The fourth-order valence-electron chi connectivity index (χ4n) is 2.40. The molecule has 1 N–H and O–H groups in total. The molecule has 0 atom stereocenters. The average molecular weight is 340 g/mol. The van der Waals surface area contributed by atoms with Crippen LogP contribution in [0.15, 0.2) is 27.5 Å². The van der Waals surface area contributed by atoms with Gasteiger partial charge in [-0.25, -0.2) is 0 Å². The van der Waals surface area contributed by atoms with E-state index in [1.807, 2.05) is 18.2 Å². The van der Waals surface area contributed by atoms with Crippen molar-refractivity contribution in [2.45, 2.75) is 19.4 Å². The van der Waals surface area contributed by atoms with Crippen LogP contribution in [0.3, 0.4) is 0 Å². The Morgan fingerprint density at radius 1 is 1.47 bits per heavy atom. The van der Waals surface area contributed by atoms with Gasteiger partial charge in [-0.05, 0) is 11.6 Å². The molecule has 1 aromatic carbocycles. The third kappa shape index (κ3) is 2.04. The number of thiazole rings is 1. The number of carboxylic acids is 1. The van der Waals surface area contributed by atoms with Crippen molar-refractivity contribution in [3.8, 4) is 11.3 Å². The Kier molecular flexibility index (Phi) is 3.06. The SMILES string of the molecule is O=C(O)CCn1c2c(sc1=O)Cc1c(Br)cccc1-2. The van der Waals surface area contributed by atoms with Gasteiger partial charge in [0.05, 0.1) is 12.1 Å². The number of aliphatic carboxylic acids is 1. The van der Waals surface area contributed by atoms with Gasteiger partial charge in [-0.3, -0.25) is 14.2 Å². The molecule has 1 aliphatic carbocycles. The van der Waals surface area contributed by atoms with Crippen molar-refractivity contribution in [1.29, 1.82) is 0 Å². The molecule has 0 aliphatic heterocycles. The summed E-state index contributed by atoms with van der Waals surface area (Å²) in [6.07, 6.45) is 0.707. The van der Waals surface area contributed by atoms with Crippen LogP contribution >= 0.6 is 27.3 Å². The number of carboxylic acid groups (broad SMARTS) is 1. The summed E-state index contributed by atoms with van der Waals surface area (Å²) in [7, 11) is 0. The Labute approximate surface area is 121 Å². The van der Waals surface area contributed by atoms with Gasteiger partial charge in [-0.2, -0.15) is 0 Å². The molecule has 1 aliphatic rings. The zero-order valence-corrected chi connectivity index (χ0v) is 12.3. The third-order valence-electron chi connectivity index (χ3n) is 3.23. The minimum absolute atomic E-state index is 0.0353. The summed E-state index contributed by atoms with van der Waals surface area (Å²) in [4.78, 5) is 23.6. The highest BCUT2D eigenvalue weighted by atomic mass is 79.9. The van der Waals surface area contributed by atoms with Gasteiger partial charge < -0.3 is 5.11 Å². The molecule has 0 saturated carbocycles. The van der Waals surface area contributed by atoms with Gasteiger partial charge in [0, 0.05) is 27.9 Å². The first kappa shape index (κ1) is 12.6. The van der Waals surface area contributed by atoms with Crippen molar-refractivity contribution < 1.29 is 9.90 Å². The van der Waals surface area contributed by atoms with Crippen molar-refractivity contribution in [2.24, 2.45) is 0 Å². The summed E-state index contributed by atoms with van der Waals surface area (Å²) in [6, 6.07) is 5.89. The van der Waals surface area contributed by atoms with Crippen LogP contribution in [0.25, 0.3) is 11.3 Å². The van der Waals surface area contributed by atoms with Gasteiger partial charge in [0.25, 0.3) is 0 Å². The maximum Gasteiger partial charge on any atom is 0.307 e. The van der Waals surface area contributed by atoms with E-state index in [2.05, 4.69) is 15.9 Å². The first-order chi connectivity index (χ1) is 9.08. The summed E-state index contributed by atoms with van der Waals surface area (Å²) >= 11 is 4.73. The molecule has 98 valence electrons. The van der Waals surface area contributed by atoms with Gasteiger partial charge in [0.1, 0.15) is 0 Å². The maximum atomic E-state index is 11.9. The molecule has 0 radical (unpaired) electrons. The topological polar surface area (TPSA) is 59.3 Å². The molecular weight excluding hydrogens is 330 g/mol. The number of halogens is 1. The molecule has 0 unspecified atom stereocenters. The Hall–Kier alpha value is -1.40. The van der Waals surface area contributed by atoms with Crippen molar-refractivity contribution in [2.75, 3.05) is 0 Å². The minimum Gasteiger partial charge on any atom is -0.481 e. The number of carbonyl (C=O) groups is 1. The highest BCUT2D eigenvalue weighted by molar-refractivity contribution is 9.10. The zero-order chi connectivity index (χ0) is 13.6. The normalized spacial score (nSPS) is 12.3. The predicted molar refractivity (Wildman–Crippen MR) is 76.8 cm³/mol. The summed E-state index contributed by atoms with van der Waals surface area (Å²) in [5.74, 6) is -0.890. The number of fused-ring (bicyclic) bond motifs is 3. The average Bonchev–Trinajstić information content (AvgIpc) is 2.83. The molecule has 4 nitrogen and oxygen atoms in total. The second kappa shape index (κ2) is 4.61. The molecule has 1 heterocycles. The van der Waals surface area contributed by atoms with Gasteiger partial charge in [-0.1, -0.05) is 39.4 Å². The highest BCUT2D eigenvalue weighted by Crippen LogP contribution is 2.41. The Balaban J connectivity index is 2.12. The zero-order valence-electron chi connectivity index (χ0n) is 9.85. The van der Waals surface area contributed by atoms with E-state index in [0.717, 1.165) is 27.0 Å². The van der Waals surface area contributed by atoms with Crippen molar-refractivity contribution in [3.63, 3.8) is 0 Å². The lowest BCUT2D eigenvalue weighted by molar-refractivity contribution is -0.137. The monoisotopic (exact) mass is 339 g/mol. The van der Waals surface area contributed by atoms with E-state index in [4.69, 9.17) is 5.11 Å². The first-order valence-corrected chi connectivity index (χ1v) is 7.41. The number of benzene rings is 1. The third-order valence-corrected chi connectivity index (χ3v) is 4.95. The van der Waals surface area contributed by atoms with Crippen LogP contribution in [0.5, 0.6) is 0 Å².